The van der Waals surface area contributed by atoms with Crippen LogP contribution in [0.5, 0.6) is 0 Å². The number of nitrogens with one attached hydrogen (secondary N) is 3. The first-order valence-corrected chi connectivity index (χ1v) is 6.97. The van der Waals surface area contributed by atoms with Gasteiger partial charge in [0.05, 0.1) is 0 Å². The highest BCUT2D eigenvalue weighted by atomic mass is 16.2. The predicted octanol–water partition coefficient (Wildman–Crippen LogP) is 1.58. The lowest BCUT2D eigenvalue weighted by Gasteiger charge is -2.20. The summed E-state index contributed by atoms with van der Waals surface area (Å²) < 4.78 is 0. The number of hydrogen-bond donors (Lipinski definition) is 3. The number of aromatic nitrogens is 1. The Kier molecular flexibility index (Phi) is 3.58. The summed E-state index contributed by atoms with van der Waals surface area (Å²) in [6, 6.07) is 7.30. The van der Waals surface area contributed by atoms with Crippen LogP contribution in [-0.4, -0.2) is 17.4 Å². The van der Waals surface area contributed by atoms with Crippen LogP contribution in [-0.2, 0) is 13.0 Å². The second kappa shape index (κ2) is 5.54. The van der Waals surface area contributed by atoms with Crippen molar-refractivity contribution in [2.45, 2.75) is 19.9 Å². The summed E-state index contributed by atoms with van der Waals surface area (Å²) in [5.74, 6) is -0.379. The molecule has 1 aliphatic rings. The number of fused-ring (bicyclic) bond motifs is 1. The average molecular weight is 283 g/mol. The van der Waals surface area contributed by atoms with Gasteiger partial charge in [0.1, 0.15) is 5.56 Å². The Morgan fingerprint density at radius 1 is 1.33 bits per heavy atom. The second-order valence-electron chi connectivity index (χ2n) is 5.22. The number of pyridine rings is 1. The summed E-state index contributed by atoms with van der Waals surface area (Å²) in [4.78, 5) is 27.0. The van der Waals surface area contributed by atoms with Crippen LogP contribution in [0.1, 0.15) is 27.2 Å². The van der Waals surface area contributed by atoms with Crippen molar-refractivity contribution < 1.29 is 4.79 Å². The fourth-order valence-corrected chi connectivity index (χ4v) is 2.57. The summed E-state index contributed by atoms with van der Waals surface area (Å²) in [6.07, 6.45) is 2.41. The van der Waals surface area contributed by atoms with Gasteiger partial charge < -0.3 is 15.6 Å². The fraction of sp³-hybridized carbons (Fsp3) is 0.250. The lowest BCUT2D eigenvalue weighted by Crippen LogP contribution is -2.27. The number of carbonyl (C=O) groups is 1. The average Bonchev–Trinajstić information content (AvgIpc) is 2.47. The van der Waals surface area contributed by atoms with Gasteiger partial charge in [-0.05, 0) is 37.1 Å². The Labute approximate surface area is 122 Å². The third-order valence-corrected chi connectivity index (χ3v) is 3.70. The minimum atomic E-state index is -0.379. The van der Waals surface area contributed by atoms with E-state index in [-0.39, 0.29) is 16.9 Å². The van der Waals surface area contributed by atoms with Gasteiger partial charge in [-0.25, -0.2) is 0 Å². The molecule has 0 unspecified atom stereocenters. The first-order chi connectivity index (χ1) is 10.1. The van der Waals surface area contributed by atoms with Gasteiger partial charge in [0, 0.05) is 30.2 Å². The van der Waals surface area contributed by atoms with E-state index in [1.54, 1.807) is 6.92 Å². The third kappa shape index (κ3) is 2.73. The molecule has 0 bridgehead atoms. The number of aromatic amines is 1. The Bertz CT molecular complexity index is 749. The maximum absolute atomic E-state index is 12.3. The Balaban J connectivity index is 1.90. The molecule has 1 aliphatic heterocycles. The topological polar surface area (TPSA) is 74.0 Å². The smallest absolute Gasteiger partial charge is 0.261 e. The molecule has 0 spiro atoms. The second-order valence-corrected chi connectivity index (χ2v) is 5.22. The van der Waals surface area contributed by atoms with E-state index in [1.165, 1.54) is 17.8 Å². The zero-order chi connectivity index (χ0) is 14.8. The van der Waals surface area contributed by atoms with E-state index in [0.717, 1.165) is 36.5 Å². The molecule has 5 nitrogen and oxygen atoms in total. The summed E-state index contributed by atoms with van der Waals surface area (Å²) in [5, 5.41) is 6.14. The molecule has 1 amide bonds. The van der Waals surface area contributed by atoms with Crippen molar-refractivity contribution in [2.75, 3.05) is 11.9 Å². The van der Waals surface area contributed by atoms with Crippen LogP contribution in [0.25, 0.3) is 0 Å². The molecule has 3 N–H and O–H groups in total. The van der Waals surface area contributed by atoms with E-state index in [1.807, 2.05) is 12.1 Å². The normalized spacial score (nSPS) is 13.6. The molecule has 5 heteroatoms. The highest BCUT2D eigenvalue weighted by molar-refractivity contribution is 6.04. The van der Waals surface area contributed by atoms with Gasteiger partial charge in [0.2, 0.25) is 0 Å². The minimum Gasteiger partial charge on any atom is -0.364 e. The SMILES string of the molecule is Cc1cc(=O)c(C(=O)Nc2cccc3c2CNCC3)c[nH]1. The molecule has 0 radical (unpaired) electrons. The highest BCUT2D eigenvalue weighted by Crippen LogP contribution is 2.23. The van der Waals surface area contributed by atoms with Crippen LogP contribution in [0, 0.1) is 6.92 Å². The molecular formula is C16H17N3O2. The number of amides is 1. The summed E-state index contributed by atoms with van der Waals surface area (Å²) in [7, 11) is 0. The number of anilines is 1. The Hall–Kier alpha value is -2.40. The van der Waals surface area contributed by atoms with Crippen molar-refractivity contribution >= 4 is 11.6 Å². The molecule has 0 aliphatic carbocycles. The van der Waals surface area contributed by atoms with Gasteiger partial charge >= 0.3 is 0 Å². The largest absolute Gasteiger partial charge is 0.364 e. The molecule has 108 valence electrons. The fourth-order valence-electron chi connectivity index (χ4n) is 2.57. The molecule has 0 atom stereocenters. The van der Waals surface area contributed by atoms with Crippen molar-refractivity contribution in [2.24, 2.45) is 0 Å². The molecule has 2 heterocycles. The van der Waals surface area contributed by atoms with Gasteiger partial charge in [0.15, 0.2) is 5.43 Å². The van der Waals surface area contributed by atoms with Crippen molar-refractivity contribution in [3.05, 3.63) is 63.1 Å². The quantitative estimate of drug-likeness (QED) is 0.783. The monoisotopic (exact) mass is 283 g/mol. The van der Waals surface area contributed by atoms with E-state index in [4.69, 9.17) is 0 Å². The van der Waals surface area contributed by atoms with E-state index >= 15 is 0 Å². The molecule has 3 rings (SSSR count). The van der Waals surface area contributed by atoms with Gasteiger partial charge in [-0.3, -0.25) is 9.59 Å². The first kappa shape index (κ1) is 13.6. The number of aryl methyl sites for hydroxylation is 1. The predicted molar refractivity (Wildman–Crippen MR) is 81.6 cm³/mol. The van der Waals surface area contributed by atoms with Gasteiger partial charge in [-0.1, -0.05) is 12.1 Å². The number of carbonyl (C=O) groups excluding carboxylic acids is 1. The Morgan fingerprint density at radius 2 is 2.19 bits per heavy atom. The summed E-state index contributed by atoms with van der Waals surface area (Å²) >= 11 is 0. The van der Waals surface area contributed by atoms with Gasteiger partial charge in [0.25, 0.3) is 5.91 Å². The summed E-state index contributed by atoms with van der Waals surface area (Å²) in [5.41, 5.74) is 3.70. The highest BCUT2D eigenvalue weighted by Gasteiger charge is 2.16. The molecule has 1 aromatic heterocycles. The van der Waals surface area contributed by atoms with Crippen LogP contribution in [0.2, 0.25) is 0 Å². The van der Waals surface area contributed by atoms with E-state index in [0.29, 0.717) is 0 Å². The molecule has 21 heavy (non-hydrogen) atoms. The lowest BCUT2D eigenvalue weighted by molar-refractivity contribution is 0.102. The molecular weight excluding hydrogens is 266 g/mol. The van der Waals surface area contributed by atoms with Crippen molar-refractivity contribution in [3.8, 4) is 0 Å². The summed E-state index contributed by atoms with van der Waals surface area (Å²) in [6.45, 7) is 3.46. The lowest BCUT2D eigenvalue weighted by atomic mass is 9.99. The van der Waals surface area contributed by atoms with Crippen LogP contribution in [0.3, 0.4) is 0 Å². The molecule has 0 saturated carbocycles. The number of benzene rings is 1. The van der Waals surface area contributed by atoms with Crippen molar-refractivity contribution in [1.82, 2.24) is 10.3 Å². The van der Waals surface area contributed by atoms with Crippen molar-refractivity contribution in [3.63, 3.8) is 0 Å². The van der Waals surface area contributed by atoms with Crippen LogP contribution >= 0.6 is 0 Å². The van der Waals surface area contributed by atoms with Crippen LogP contribution < -0.4 is 16.1 Å². The van der Waals surface area contributed by atoms with E-state index < -0.39 is 0 Å². The number of rotatable bonds is 2. The van der Waals surface area contributed by atoms with Gasteiger partial charge in [-0.15, -0.1) is 0 Å². The number of hydrogen-bond acceptors (Lipinski definition) is 3. The van der Waals surface area contributed by atoms with Crippen molar-refractivity contribution in [1.29, 1.82) is 0 Å². The Morgan fingerprint density at radius 3 is 3.00 bits per heavy atom. The van der Waals surface area contributed by atoms with E-state index in [2.05, 4.69) is 21.7 Å². The molecule has 2 aromatic rings. The maximum atomic E-state index is 12.3. The van der Waals surface area contributed by atoms with Gasteiger partial charge in [-0.2, -0.15) is 0 Å². The molecule has 0 saturated heterocycles. The van der Waals surface area contributed by atoms with Crippen LogP contribution in [0.15, 0.2) is 35.3 Å². The molecule has 1 aromatic carbocycles. The zero-order valence-corrected chi connectivity index (χ0v) is 11.8. The first-order valence-electron chi connectivity index (χ1n) is 6.97. The molecule has 0 fully saturated rings. The zero-order valence-electron chi connectivity index (χ0n) is 11.8. The third-order valence-electron chi connectivity index (χ3n) is 3.70. The number of H-pyrrole nitrogens is 1. The van der Waals surface area contributed by atoms with Crippen LogP contribution in [0.4, 0.5) is 5.69 Å². The maximum Gasteiger partial charge on any atom is 0.261 e. The van der Waals surface area contributed by atoms with E-state index in [9.17, 15) is 9.59 Å². The standard InChI is InChI=1S/C16H17N3O2/c1-10-7-15(20)13(9-18-10)16(21)19-14-4-2-3-11-5-6-17-8-12(11)14/h2-4,7,9,17H,5-6,8H2,1H3,(H,18,20)(H,19,21). The minimum absolute atomic E-state index is 0.127.